The fourth-order valence-electron chi connectivity index (χ4n) is 0.167. The molecule has 0 radical (unpaired) electrons. The molecule has 0 atom stereocenters. The van der Waals surface area contributed by atoms with Gasteiger partial charge in [-0.2, -0.15) is 0 Å². The standard InChI is InChI=1S/C2H2O4.2Al.2K.6H/c3-1(4)2(5)6;;;;;;;;;;/h(H,3,4)(H,5,6);;;;;;;;;;/q;2*+1;;;;;;;;/p-2. The Hall–Kier alpha value is 3.28. The van der Waals surface area contributed by atoms with Crippen LogP contribution in [0.1, 0.15) is 0 Å². The first-order valence-electron chi connectivity index (χ1n) is 1.88. The Balaban J connectivity index is -0.000000245. The van der Waals surface area contributed by atoms with Crippen LogP contribution in [0.4, 0.5) is 0 Å². The summed E-state index contributed by atoms with van der Waals surface area (Å²) in [4.78, 5) is 20.2. The minimum absolute atomic E-state index is 0. The van der Waals surface area contributed by atoms with Crippen LogP contribution in [0.5, 0.6) is 0 Å². The van der Waals surface area contributed by atoms with Gasteiger partial charge in [0.05, 0.1) is 0 Å². The third kappa shape index (κ3) is 9.37. The van der Waals surface area contributed by atoms with Crippen LogP contribution in [0.2, 0.25) is 0 Å². The Morgan fingerprint density at radius 1 is 0.900 bits per heavy atom. The summed E-state index contributed by atoms with van der Waals surface area (Å²) in [5.74, 6) is -1.77. The van der Waals surface area contributed by atoms with E-state index in [1.165, 1.54) is 0 Å². The molecule has 0 amide bonds. The second-order valence-corrected chi connectivity index (χ2v) is 1.80. The van der Waals surface area contributed by atoms with E-state index in [0.717, 1.165) is 0 Å². The normalized spacial score (nSPS) is 6.00. The van der Waals surface area contributed by atoms with Crippen LogP contribution in [0.3, 0.4) is 0 Å². The molecule has 0 bridgehead atoms. The molecule has 0 N–H and O–H groups in total. The molecule has 0 spiro atoms. The summed E-state index contributed by atoms with van der Waals surface area (Å²) in [6.45, 7) is 0. The summed E-state index contributed by atoms with van der Waals surface area (Å²) >= 11 is 0.481. The van der Waals surface area contributed by atoms with Crippen molar-refractivity contribution in [3.63, 3.8) is 0 Å². The molecule has 0 rings (SSSR count). The Bertz CT molecular complexity index is 104. The predicted octanol–water partition coefficient (Wildman–Crippen LogP) is -4.13. The fourth-order valence-corrected chi connectivity index (χ4v) is 0.500. The van der Waals surface area contributed by atoms with Crippen molar-refractivity contribution in [2.75, 3.05) is 0 Å². The molecule has 0 saturated heterocycles. The topological polar surface area (TPSA) is 52.6 Å². The quantitative estimate of drug-likeness (QED) is 0.311. The van der Waals surface area contributed by atoms with Crippen LogP contribution < -0.4 is 0 Å². The van der Waals surface area contributed by atoms with Crippen molar-refractivity contribution in [1.29, 1.82) is 0 Å². The van der Waals surface area contributed by atoms with Crippen LogP contribution in [-0.2, 0) is 17.2 Å². The van der Waals surface area contributed by atoms with E-state index >= 15 is 0 Å². The van der Waals surface area contributed by atoms with Gasteiger partial charge in [-0.05, 0) is 0 Å². The number of hydrogen-bond donors (Lipinski definition) is 0. The van der Waals surface area contributed by atoms with Gasteiger partial charge in [0.25, 0.3) is 0 Å². The molecule has 0 aliphatic heterocycles. The van der Waals surface area contributed by atoms with E-state index < -0.39 is 11.9 Å². The molecule has 46 valence electrons. The maximum atomic E-state index is 10.1. The van der Waals surface area contributed by atoms with Gasteiger partial charge in [0.1, 0.15) is 0 Å². The van der Waals surface area contributed by atoms with E-state index in [4.69, 9.17) is 0 Å². The Labute approximate surface area is 160 Å². The van der Waals surface area contributed by atoms with Gasteiger partial charge in [0, 0.05) is 0 Å². The summed E-state index contributed by atoms with van der Waals surface area (Å²) in [5, 5.41) is 0. The summed E-state index contributed by atoms with van der Waals surface area (Å²) in [6.07, 6.45) is 0. The molecule has 0 saturated carbocycles. The van der Waals surface area contributed by atoms with Crippen LogP contribution in [0, 0.1) is 0 Å². The summed E-state index contributed by atoms with van der Waals surface area (Å²) in [7, 11) is 0. The van der Waals surface area contributed by atoms with Gasteiger partial charge in [-0.1, -0.05) is 0 Å². The van der Waals surface area contributed by atoms with Crippen molar-refractivity contribution < 1.29 is 17.2 Å². The third-order valence-electron chi connectivity index (χ3n) is 0.537. The van der Waals surface area contributed by atoms with E-state index in [1.807, 2.05) is 0 Å². The van der Waals surface area contributed by atoms with Crippen LogP contribution in [-0.4, -0.2) is 148 Å². The average Bonchev–Trinajstić information content (AvgIpc) is 1.84. The van der Waals surface area contributed by atoms with Gasteiger partial charge < -0.3 is 7.58 Å². The van der Waals surface area contributed by atoms with Crippen molar-refractivity contribution in [2.24, 2.45) is 0 Å². The van der Waals surface area contributed by atoms with Gasteiger partial charge in [-0.15, -0.1) is 0 Å². The molecule has 10 heavy (non-hydrogen) atoms. The molecule has 0 aliphatic carbocycles. The van der Waals surface area contributed by atoms with E-state index in [0.29, 0.717) is 0 Å². The first-order chi connectivity index (χ1) is 3.72. The van der Waals surface area contributed by atoms with E-state index in [2.05, 4.69) is 7.58 Å². The molecule has 0 aliphatic rings. The van der Waals surface area contributed by atoms with Gasteiger partial charge in [-0.3, -0.25) is 0 Å². The second-order valence-electron chi connectivity index (χ2n) is 0.983. The van der Waals surface area contributed by atoms with E-state index in [9.17, 15) is 9.59 Å². The molecule has 0 aromatic heterocycles. The molecule has 4 nitrogen and oxygen atoms in total. The van der Waals surface area contributed by atoms with Gasteiger partial charge >= 0.3 is 148 Å². The molecule has 0 aromatic rings. The van der Waals surface area contributed by atoms with Gasteiger partial charge in [-0.25, -0.2) is 9.59 Å². The van der Waals surface area contributed by atoms with E-state index in [1.54, 1.807) is 0 Å². The van der Waals surface area contributed by atoms with E-state index in [-0.39, 0.29) is 136 Å². The molecular weight excluding hydrogens is 220 g/mol. The second kappa shape index (κ2) is 12.3. The number of hydrogen-bond acceptors (Lipinski definition) is 4. The molecular formula is C2H6Al2K2O4. The zero-order valence-corrected chi connectivity index (χ0v) is 8.63. The van der Waals surface area contributed by atoms with Crippen molar-refractivity contribution in [2.45, 2.75) is 0 Å². The predicted molar refractivity (Wildman–Crippen MR) is 43.6 cm³/mol. The molecule has 0 unspecified atom stereocenters. The fraction of sp³-hybridized carbons (Fsp3) is 0. The SMILES string of the molecule is O=C([O][AlH2])C(=O)[O][AlH2].[KH].[KH]. The zero-order chi connectivity index (χ0) is 6.57. The van der Waals surface area contributed by atoms with Crippen molar-refractivity contribution >= 4 is 148 Å². The molecule has 0 aromatic carbocycles. The summed E-state index contributed by atoms with van der Waals surface area (Å²) in [6, 6.07) is 0. The first kappa shape index (κ1) is 18.9. The van der Waals surface area contributed by atoms with Gasteiger partial charge in [0.2, 0.25) is 0 Å². The molecule has 0 heterocycles. The number of carbonyl (C=O) groups excluding carboxylic acids is 2. The average molecular weight is 226 g/mol. The Kier molecular flexibility index (Phi) is 23.3. The molecule has 8 heteroatoms. The van der Waals surface area contributed by atoms with Crippen molar-refractivity contribution in [3.8, 4) is 0 Å². The van der Waals surface area contributed by atoms with Crippen molar-refractivity contribution in [1.82, 2.24) is 0 Å². The van der Waals surface area contributed by atoms with Crippen molar-refractivity contribution in [3.05, 3.63) is 0 Å². The number of rotatable bonds is 0. The number of carbonyl (C=O) groups is 2. The first-order valence-corrected chi connectivity index (χ1v) is 3.52. The summed E-state index contributed by atoms with van der Waals surface area (Å²) < 4.78 is 8.30. The van der Waals surface area contributed by atoms with Crippen LogP contribution in [0.25, 0.3) is 0 Å². The summed E-state index contributed by atoms with van der Waals surface area (Å²) in [5.41, 5.74) is 0. The zero-order valence-electron chi connectivity index (χ0n) is 4.63. The Morgan fingerprint density at radius 3 is 1.20 bits per heavy atom. The van der Waals surface area contributed by atoms with Crippen LogP contribution in [0.15, 0.2) is 0 Å². The molecule has 0 fully saturated rings. The Morgan fingerprint density at radius 2 is 1.10 bits per heavy atom. The minimum atomic E-state index is -0.883. The maximum absolute atomic E-state index is 10.1. The monoisotopic (exact) mass is 226 g/mol. The third-order valence-corrected chi connectivity index (χ3v) is 1.28. The van der Waals surface area contributed by atoms with Gasteiger partial charge in [0.15, 0.2) is 0 Å². The van der Waals surface area contributed by atoms with Crippen LogP contribution >= 0.6 is 0 Å².